The van der Waals surface area contributed by atoms with Crippen LogP contribution in [0.15, 0.2) is 65.3 Å². The van der Waals surface area contributed by atoms with E-state index in [1.54, 1.807) is 0 Å². The zero-order chi connectivity index (χ0) is 22.3. The molecule has 0 radical (unpaired) electrons. The van der Waals surface area contributed by atoms with Crippen LogP contribution in [0.2, 0.25) is 0 Å². The Morgan fingerprint density at radius 2 is 1.91 bits per heavy atom. The van der Waals surface area contributed by atoms with Crippen molar-refractivity contribution in [2.75, 3.05) is 12.3 Å². The Morgan fingerprint density at radius 1 is 1.06 bits per heavy atom. The van der Waals surface area contributed by atoms with Crippen LogP contribution < -0.4 is 5.32 Å². The zero-order valence-corrected chi connectivity index (χ0v) is 19.6. The number of thioether (sulfide) groups is 1. The van der Waals surface area contributed by atoms with E-state index < -0.39 is 0 Å². The lowest BCUT2D eigenvalue weighted by Gasteiger charge is -2.13. The van der Waals surface area contributed by atoms with Crippen LogP contribution in [-0.4, -0.2) is 33.0 Å². The highest BCUT2D eigenvalue weighted by atomic mass is 32.2. The maximum atomic E-state index is 12.5. The number of aryl methyl sites for hydroxylation is 2. The van der Waals surface area contributed by atoms with Gasteiger partial charge >= 0.3 is 0 Å². The Kier molecular flexibility index (Phi) is 7.43. The lowest BCUT2D eigenvalue weighted by Crippen LogP contribution is -2.26. The summed E-state index contributed by atoms with van der Waals surface area (Å²) in [4.78, 5) is 12.5. The monoisotopic (exact) mass is 446 g/mol. The van der Waals surface area contributed by atoms with Crippen molar-refractivity contribution in [3.8, 4) is 17.1 Å². The van der Waals surface area contributed by atoms with Crippen LogP contribution in [0.25, 0.3) is 17.1 Å². The van der Waals surface area contributed by atoms with Gasteiger partial charge in [-0.2, -0.15) is 0 Å². The van der Waals surface area contributed by atoms with E-state index in [-0.39, 0.29) is 5.91 Å². The van der Waals surface area contributed by atoms with Crippen LogP contribution >= 0.6 is 11.8 Å². The summed E-state index contributed by atoms with van der Waals surface area (Å²) in [5, 5.41) is 12.7. The SMILES string of the molecule is Cc1ccc(-n2c(SCC(=O)NCCC3=CCCCC3)nnc2-c2ccccc2)cc1C. The molecule has 2 aromatic carbocycles. The van der Waals surface area contributed by atoms with E-state index in [9.17, 15) is 4.79 Å². The van der Waals surface area contributed by atoms with Crippen LogP contribution in [0.3, 0.4) is 0 Å². The third-order valence-electron chi connectivity index (χ3n) is 5.90. The van der Waals surface area contributed by atoms with E-state index in [0.717, 1.165) is 28.7 Å². The molecule has 1 aromatic heterocycles. The molecule has 1 heterocycles. The summed E-state index contributed by atoms with van der Waals surface area (Å²) in [5.41, 5.74) is 5.93. The number of hydrogen-bond donors (Lipinski definition) is 1. The summed E-state index contributed by atoms with van der Waals surface area (Å²) < 4.78 is 2.05. The van der Waals surface area contributed by atoms with Gasteiger partial charge in [0.1, 0.15) is 0 Å². The van der Waals surface area contributed by atoms with Gasteiger partial charge in [0.2, 0.25) is 5.91 Å². The lowest BCUT2D eigenvalue weighted by molar-refractivity contribution is -0.118. The fraction of sp³-hybridized carbons (Fsp3) is 0.346. The van der Waals surface area contributed by atoms with Crippen molar-refractivity contribution in [1.29, 1.82) is 0 Å². The molecular weight excluding hydrogens is 416 g/mol. The van der Waals surface area contributed by atoms with E-state index in [0.29, 0.717) is 12.3 Å². The second-order valence-electron chi connectivity index (χ2n) is 8.27. The Balaban J connectivity index is 1.48. The van der Waals surface area contributed by atoms with E-state index >= 15 is 0 Å². The molecule has 3 aromatic rings. The number of allylic oxidation sites excluding steroid dienone is 1. The van der Waals surface area contributed by atoms with Gasteiger partial charge in [-0.25, -0.2) is 0 Å². The Labute approximate surface area is 194 Å². The van der Waals surface area contributed by atoms with Gasteiger partial charge in [0.15, 0.2) is 11.0 Å². The van der Waals surface area contributed by atoms with E-state index in [1.165, 1.54) is 54.1 Å². The predicted molar refractivity (Wildman–Crippen MR) is 131 cm³/mol. The summed E-state index contributed by atoms with van der Waals surface area (Å²) in [6.45, 7) is 4.91. The van der Waals surface area contributed by atoms with Crippen molar-refractivity contribution in [2.45, 2.75) is 51.1 Å². The Hall–Kier alpha value is -2.86. The van der Waals surface area contributed by atoms with Crippen LogP contribution in [0.1, 0.15) is 43.2 Å². The minimum Gasteiger partial charge on any atom is -0.355 e. The number of aromatic nitrogens is 3. The van der Waals surface area contributed by atoms with Gasteiger partial charge in [-0.3, -0.25) is 9.36 Å². The van der Waals surface area contributed by atoms with Gasteiger partial charge in [-0.15, -0.1) is 10.2 Å². The smallest absolute Gasteiger partial charge is 0.230 e. The molecule has 0 fully saturated rings. The van der Waals surface area contributed by atoms with Crippen LogP contribution in [0.5, 0.6) is 0 Å². The molecule has 0 saturated heterocycles. The van der Waals surface area contributed by atoms with E-state index in [2.05, 4.69) is 53.6 Å². The molecule has 0 spiro atoms. The van der Waals surface area contributed by atoms with Crippen LogP contribution in [0, 0.1) is 13.8 Å². The number of nitrogens with one attached hydrogen (secondary N) is 1. The van der Waals surface area contributed by atoms with E-state index in [1.807, 2.05) is 34.9 Å². The third kappa shape index (κ3) is 5.49. The third-order valence-corrected chi connectivity index (χ3v) is 6.83. The number of carbonyl (C=O) groups is 1. The summed E-state index contributed by atoms with van der Waals surface area (Å²) in [6, 6.07) is 16.4. The van der Waals surface area contributed by atoms with Gasteiger partial charge in [0, 0.05) is 12.1 Å². The van der Waals surface area contributed by atoms with Crippen molar-refractivity contribution >= 4 is 17.7 Å². The minimum atomic E-state index is 0.0299. The molecule has 0 unspecified atom stereocenters. The largest absolute Gasteiger partial charge is 0.355 e. The molecular formula is C26H30N4OS. The lowest BCUT2D eigenvalue weighted by atomic mass is 9.97. The molecule has 4 rings (SSSR count). The molecule has 1 amide bonds. The Bertz CT molecular complexity index is 1100. The summed E-state index contributed by atoms with van der Waals surface area (Å²) in [7, 11) is 0. The average molecular weight is 447 g/mol. The number of benzene rings is 2. The van der Waals surface area contributed by atoms with Crippen molar-refractivity contribution in [2.24, 2.45) is 0 Å². The maximum absolute atomic E-state index is 12.5. The van der Waals surface area contributed by atoms with Crippen molar-refractivity contribution in [3.63, 3.8) is 0 Å². The molecule has 0 bridgehead atoms. The van der Waals surface area contributed by atoms with Gasteiger partial charge in [0.25, 0.3) is 0 Å². The first-order valence-corrected chi connectivity index (χ1v) is 12.3. The quantitative estimate of drug-likeness (QED) is 0.359. The highest BCUT2D eigenvalue weighted by Crippen LogP contribution is 2.29. The van der Waals surface area contributed by atoms with Gasteiger partial charge < -0.3 is 5.32 Å². The average Bonchev–Trinajstić information content (AvgIpc) is 3.25. The number of amides is 1. The van der Waals surface area contributed by atoms with Crippen molar-refractivity contribution in [1.82, 2.24) is 20.1 Å². The van der Waals surface area contributed by atoms with Gasteiger partial charge in [0.05, 0.1) is 11.4 Å². The molecule has 0 aliphatic heterocycles. The van der Waals surface area contributed by atoms with Crippen molar-refractivity contribution < 1.29 is 4.79 Å². The molecule has 6 heteroatoms. The molecule has 5 nitrogen and oxygen atoms in total. The number of nitrogens with zero attached hydrogens (tertiary/aromatic N) is 3. The number of hydrogen-bond acceptors (Lipinski definition) is 4. The first-order chi connectivity index (χ1) is 15.6. The highest BCUT2D eigenvalue weighted by Gasteiger charge is 2.17. The molecule has 0 atom stereocenters. The normalized spacial score (nSPS) is 13.6. The number of carbonyl (C=O) groups excluding carboxylic acids is 1. The van der Waals surface area contributed by atoms with E-state index in [4.69, 9.17) is 0 Å². The maximum Gasteiger partial charge on any atom is 0.230 e. The van der Waals surface area contributed by atoms with Crippen molar-refractivity contribution in [3.05, 3.63) is 71.3 Å². The number of rotatable bonds is 8. The van der Waals surface area contributed by atoms with Crippen LogP contribution in [0.4, 0.5) is 0 Å². The van der Waals surface area contributed by atoms with Crippen LogP contribution in [-0.2, 0) is 4.79 Å². The summed E-state index contributed by atoms with van der Waals surface area (Å²) in [6.07, 6.45) is 8.20. The second-order valence-corrected chi connectivity index (χ2v) is 9.22. The molecule has 0 saturated carbocycles. The molecule has 1 N–H and O–H groups in total. The summed E-state index contributed by atoms with van der Waals surface area (Å²) in [5.74, 6) is 1.12. The van der Waals surface area contributed by atoms with Gasteiger partial charge in [-0.1, -0.05) is 59.8 Å². The molecule has 1 aliphatic carbocycles. The summed E-state index contributed by atoms with van der Waals surface area (Å²) >= 11 is 1.42. The topological polar surface area (TPSA) is 59.8 Å². The second kappa shape index (κ2) is 10.6. The molecule has 166 valence electrons. The Morgan fingerprint density at radius 3 is 2.66 bits per heavy atom. The molecule has 32 heavy (non-hydrogen) atoms. The first-order valence-electron chi connectivity index (χ1n) is 11.3. The minimum absolute atomic E-state index is 0.0299. The fourth-order valence-corrected chi connectivity index (χ4v) is 4.69. The molecule has 1 aliphatic rings. The van der Waals surface area contributed by atoms with Gasteiger partial charge in [-0.05, 0) is 69.2 Å². The fourth-order valence-electron chi connectivity index (χ4n) is 3.91. The standard InChI is InChI=1S/C26H30N4OS/c1-19-13-14-23(17-20(19)2)30-25(22-11-7-4-8-12-22)28-29-26(30)32-18-24(31)27-16-15-21-9-5-3-6-10-21/h4,7-9,11-14,17H,3,5-6,10,15-16,18H2,1-2H3,(H,27,31). The highest BCUT2D eigenvalue weighted by molar-refractivity contribution is 7.99. The zero-order valence-electron chi connectivity index (χ0n) is 18.8. The predicted octanol–water partition coefficient (Wildman–Crippen LogP) is 5.65. The first kappa shape index (κ1) is 22.3.